The van der Waals surface area contributed by atoms with E-state index in [4.69, 9.17) is 5.11 Å². The van der Waals surface area contributed by atoms with Crippen LogP contribution in [0.3, 0.4) is 0 Å². The van der Waals surface area contributed by atoms with Crippen molar-refractivity contribution in [3.05, 3.63) is 22.0 Å². The predicted molar refractivity (Wildman–Crippen MR) is 46.2 cm³/mol. The zero-order valence-corrected chi connectivity index (χ0v) is 8.09. The van der Waals surface area contributed by atoms with E-state index in [0.29, 0.717) is 0 Å². The van der Waals surface area contributed by atoms with Crippen LogP contribution in [0.25, 0.3) is 0 Å². The number of rotatable bonds is 3. The van der Waals surface area contributed by atoms with E-state index in [1.54, 1.807) is 0 Å². The second kappa shape index (κ2) is 4.44. The highest BCUT2D eigenvalue weighted by molar-refractivity contribution is 5.41. The fourth-order valence-corrected chi connectivity index (χ4v) is 1.06. The summed E-state index contributed by atoms with van der Waals surface area (Å²) >= 11 is 0. The number of H-pyrrole nitrogens is 1. The molecule has 0 radical (unpaired) electrons. The molecule has 2 N–H and O–H groups in total. The van der Waals surface area contributed by atoms with Gasteiger partial charge in [-0.2, -0.15) is 0 Å². The summed E-state index contributed by atoms with van der Waals surface area (Å²) in [6.07, 6.45) is -4.94. The molecule has 0 aliphatic rings. The molecule has 16 heavy (non-hydrogen) atoms. The third kappa shape index (κ3) is 2.89. The summed E-state index contributed by atoms with van der Waals surface area (Å²) in [5.74, 6) is -1.24. The van der Waals surface area contributed by atoms with Crippen LogP contribution in [-0.4, -0.2) is 23.6 Å². The van der Waals surface area contributed by atoms with Gasteiger partial charge in [0.2, 0.25) is 5.88 Å². The van der Waals surface area contributed by atoms with Crippen molar-refractivity contribution in [1.82, 2.24) is 4.98 Å². The Hall–Kier alpha value is -1.70. The molecule has 1 aromatic rings. The molecule has 0 unspecified atom stereocenters. The minimum atomic E-state index is -4.94. The first-order chi connectivity index (χ1) is 7.37. The lowest BCUT2D eigenvalue weighted by Gasteiger charge is -2.14. The van der Waals surface area contributed by atoms with Crippen LogP contribution in [0.15, 0.2) is 10.9 Å². The molecule has 0 fully saturated rings. The molecule has 0 aromatic carbocycles. The molecule has 0 spiro atoms. The number of aliphatic hydroxyl groups excluding tert-OH is 1. The van der Waals surface area contributed by atoms with Crippen LogP contribution in [0, 0.1) is 0 Å². The summed E-state index contributed by atoms with van der Waals surface area (Å²) in [4.78, 5) is 13.0. The lowest BCUT2D eigenvalue weighted by atomic mass is 10.2. The third-order valence-electron chi connectivity index (χ3n) is 1.63. The molecule has 0 bridgehead atoms. The zero-order chi connectivity index (χ0) is 12.3. The van der Waals surface area contributed by atoms with Crippen LogP contribution in [-0.2, 0) is 6.61 Å². The van der Waals surface area contributed by atoms with Gasteiger partial charge >= 0.3 is 6.36 Å². The van der Waals surface area contributed by atoms with Crippen LogP contribution < -0.4 is 15.0 Å². The van der Waals surface area contributed by atoms with Gasteiger partial charge in [-0.05, 0) is 0 Å². The van der Waals surface area contributed by atoms with Gasteiger partial charge in [0.25, 0.3) is 5.56 Å². The minimum absolute atomic E-state index is 0.307. The fourth-order valence-electron chi connectivity index (χ4n) is 1.06. The molecule has 0 atom stereocenters. The molecule has 90 valence electrons. The first-order valence-electron chi connectivity index (χ1n) is 4.04. The molecule has 1 aromatic heterocycles. The van der Waals surface area contributed by atoms with Crippen LogP contribution in [0.5, 0.6) is 11.6 Å². The highest BCUT2D eigenvalue weighted by Gasteiger charge is 2.34. The maximum absolute atomic E-state index is 12.0. The quantitative estimate of drug-likeness (QED) is 0.817. The van der Waals surface area contributed by atoms with Gasteiger partial charge in [0, 0.05) is 11.6 Å². The average Bonchev–Trinajstić information content (AvgIpc) is 2.18. The van der Waals surface area contributed by atoms with Crippen LogP contribution in [0.4, 0.5) is 13.2 Å². The molecule has 0 amide bonds. The van der Waals surface area contributed by atoms with Gasteiger partial charge in [-0.3, -0.25) is 9.78 Å². The number of halogens is 3. The van der Waals surface area contributed by atoms with Gasteiger partial charge in [-0.15, -0.1) is 13.2 Å². The van der Waals surface area contributed by atoms with Crippen molar-refractivity contribution in [2.45, 2.75) is 13.0 Å². The van der Waals surface area contributed by atoms with E-state index in [1.165, 1.54) is 0 Å². The lowest BCUT2D eigenvalue weighted by Crippen LogP contribution is -2.21. The summed E-state index contributed by atoms with van der Waals surface area (Å²) in [5.41, 5.74) is -1.01. The van der Waals surface area contributed by atoms with Crippen molar-refractivity contribution >= 4 is 0 Å². The molecule has 1 rings (SSSR count). The van der Waals surface area contributed by atoms with E-state index in [1.807, 2.05) is 4.98 Å². The minimum Gasteiger partial charge on any atom is -0.480 e. The van der Waals surface area contributed by atoms with Crippen LogP contribution in [0.1, 0.15) is 5.56 Å². The van der Waals surface area contributed by atoms with Crippen molar-refractivity contribution in [1.29, 1.82) is 0 Å². The van der Waals surface area contributed by atoms with Crippen LogP contribution >= 0.6 is 0 Å². The molecule has 5 nitrogen and oxygen atoms in total. The van der Waals surface area contributed by atoms with E-state index in [9.17, 15) is 18.0 Å². The summed E-state index contributed by atoms with van der Waals surface area (Å²) in [6.45, 7) is -0.772. The van der Waals surface area contributed by atoms with E-state index in [0.717, 1.165) is 13.2 Å². The second-order valence-electron chi connectivity index (χ2n) is 2.73. The number of aromatic nitrogens is 1. The van der Waals surface area contributed by atoms with Gasteiger partial charge in [0.1, 0.15) is 0 Å². The Labute approximate surface area is 87.4 Å². The standard InChI is InChI=1S/C8H8F3NO4/c1-15-7-6(16-8(9,10)11)4(3-13)2-5(14)12-7/h2,13H,3H2,1H3,(H,12,14). The number of pyridine rings is 1. The van der Waals surface area contributed by atoms with E-state index >= 15 is 0 Å². The van der Waals surface area contributed by atoms with Gasteiger partial charge in [-0.25, -0.2) is 0 Å². The third-order valence-corrected chi connectivity index (χ3v) is 1.63. The van der Waals surface area contributed by atoms with Gasteiger partial charge < -0.3 is 14.6 Å². The number of hydrogen-bond donors (Lipinski definition) is 2. The number of nitrogens with one attached hydrogen (secondary N) is 1. The molecule has 0 saturated heterocycles. The highest BCUT2D eigenvalue weighted by Crippen LogP contribution is 2.32. The number of methoxy groups -OCH3 is 1. The van der Waals surface area contributed by atoms with Crippen molar-refractivity contribution in [3.8, 4) is 11.6 Å². The number of alkyl halides is 3. The fraction of sp³-hybridized carbons (Fsp3) is 0.375. The number of aliphatic hydroxyl groups is 1. The van der Waals surface area contributed by atoms with Gasteiger partial charge in [0.05, 0.1) is 13.7 Å². The monoisotopic (exact) mass is 239 g/mol. The topological polar surface area (TPSA) is 71.6 Å². The van der Waals surface area contributed by atoms with Crippen LogP contribution in [0.2, 0.25) is 0 Å². The number of aromatic amines is 1. The smallest absolute Gasteiger partial charge is 0.480 e. The van der Waals surface area contributed by atoms with Crippen molar-refractivity contribution in [2.24, 2.45) is 0 Å². The Balaban J connectivity index is 3.28. The maximum atomic E-state index is 12.0. The molecule has 0 saturated carbocycles. The summed E-state index contributed by atoms with van der Waals surface area (Å²) in [6, 6.07) is 0.795. The number of hydrogen-bond acceptors (Lipinski definition) is 4. The van der Waals surface area contributed by atoms with Crippen molar-refractivity contribution in [2.75, 3.05) is 7.11 Å². The molecular formula is C8H8F3NO4. The van der Waals surface area contributed by atoms with E-state index in [-0.39, 0.29) is 5.56 Å². The lowest BCUT2D eigenvalue weighted by molar-refractivity contribution is -0.275. The molecule has 1 heterocycles. The molecular weight excluding hydrogens is 231 g/mol. The first-order valence-corrected chi connectivity index (χ1v) is 4.04. The Bertz CT molecular complexity index is 398. The Morgan fingerprint density at radius 3 is 2.56 bits per heavy atom. The Morgan fingerprint density at radius 1 is 1.50 bits per heavy atom. The Morgan fingerprint density at radius 2 is 2.12 bits per heavy atom. The summed E-state index contributed by atoms with van der Waals surface area (Å²) < 4.78 is 44.2. The molecule has 0 aliphatic heterocycles. The summed E-state index contributed by atoms with van der Waals surface area (Å²) in [7, 11) is 1.07. The zero-order valence-electron chi connectivity index (χ0n) is 8.09. The Kier molecular flexibility index (Phi) is 3.43. The van der Waals surface area contributed by atoms with Crippen molar-refractivity contribution in [3.63, 3.8) is 0 Å². The molecule has 0 aliphatic carbocycles. The first kappa shape index (κ1) is 12.4. The second-order valence-corrected chi connectivity index (χ2v) is 2.73. The van der Waals surface area contributed by atoms with Gasteiger partial charge in [0.15, 0.2) is 5.75 Å². The number of ether oxygens (including phenoxy) is 2. The maximum Gasteiger partial charge on any atom is 0.573 e. The van der Waals surface area contributed by atoms with Gasteiger partial charge in [-0.1, -0.05) is 0 Å². The van der Waals surface area contributed by atoms with E-state index < -0.39 is 30.2 Å². The highest BCUT2D eigenvalue weighted by atomic mass is 19.4. The summed E-state index contributed by atoms with van der Waals surface area (Å²) in [5, 5.41) is 8.80. The largest absolute Gasteiger partial charge is 0.573 e. The van der Waals surface area contributed by atoms with E-state index in [2.05, 4.69) is 9.47 Å². The molecule has 8 heteroatoms. The predicted octanol–water partition coefficient (Wildman–Crippen LogP) is 0.774. The average molecular weight is 239 g/mol. The SMILES string of the molecule is COc1[nH]c(=O)cc(CO)c1OC(F)(F)F. The normalized spacial score (nSPS) is 11.3. The van der Waals surface area contributed by atoms with Crippen molar-refractivity contribution < 1.29 is 27.8 Å².